The van der Waals surface area contributed by atoms with Crippen molar-refractivity contribution in [3.63, 3.8) is 0 Å². The molecule has 0 saturated carbocycles. The molecule has 150 valence electrons. The van der Waals surface area contributed by atoms with Crippen molar-refractivity contribution in [1.29, 1.82) is 0 Å². The van der Waals surface area contributed by atoms with Crippen molar-refractivity contribution in [3.8, 4) is 5.75 Å². The van der Waals surface area contributed by atoms with Gasteiger partial charge in [-0.2, -0.15) is 0 Å². The molecule has 0 unspecified atom stereocenters. The minimum absolute atomic E-state index is 0.116. The van der Waals surface area contributed by atoms with Gasteiger partial charge in [0.1, 0.15) is 5.75 Å². The number of aliphatic carboxylic acids is 2. The maximum atomic E-state index is 12.0. The summed E-state index contributed by atoms with van der Waals surface area (Å²) in [6.07, 6.45) is 8.44. The molecular formula is C20H29NO6. The Labute approximate surface area is 159 Å². The molecule has 0 radical (unpaired) electrons. The van der Waals surface area contributed by atoms with E-state index in [2.05, 4.69) is 5.32 Å². The van der Waals surface area contributed by atoms with E-state index in [9.17, 15) is 14.4 Å². The van der Waals surface area contributed by atoms with Gasteiger partial charge in [-0.25, -0.2) is 4.79 Å². The molecule has 1 rings (SSSR count). The van der Waals surface area contributed by atoms with Crippen molar-refractivity contribution in [1.82, 2.24) is 0 Å². The molecule has 1 aromatic rings. The zero-order chi connectivity index (χ0) is 19.9. The molecule has 0 heterocycles. The van der Waals surface area contributed by atoms with Gasteiger partial charge >= 0.3 is 11.9 Å². The van der Waals surface area contributed by atoms with Gasteiger partial charge in [-0.15, -0.1) is 0 Å². The van der Waals surface area contributed by atoms with Crippen molar-refractivity contribution in [2.45, 2.75) is 64.2 Å². The lowest BCUT2D eigenvalue weighted by Gasteiger charge is -2.11. The fraction of sp³-hybridized carbons (Fsp3) is 0.550. The number of anilines is 1. The number of hydrogen-bond acceptors (Lipinski definition) is 4. The van der Waals surface area contributed by atoms with E-state index in [4.69, 9.17) is 14.9 Å². The lowest BCUT2D eigenvalue weighted by Crippen LogP contribution is -2.14. The molecule has 0 atom stereocenters. The largest absolute Gasteiger partial charge is 0.481 e. The zero-order valence-electron chi connectivity index (χ0n) is 15.6. The first-order valence-corrected chi connectivity index (χ1v) is 9.44. The number of nitrogens with one attached hydrogen (secondary N) is 1. The first-order chi connectivity index (χ1) is 13.0. The SMILES string of the molecule is O=C(O)CCCCCCCCCCC(=O)Nc1ccccc1OCC(=O)O. The van der Waals surface area contributed by atoms with Crippen molar-refractivity contribution in [2.75, 3.05) is 11.9 Å². The summed E-state index contributed by atoms with van der Waals surface area (Å²) in [4.78, 5) is 33.0. The topological polar surface area (TPSA) is 113 Å². The van der Waals surface area contributed by atoms with Crippen LogP contribution in [0.4, 0.5) is 5.69 Å². The van der Waals surface area contributed by atoms with Crippen LogP contribution >= 0.6 is 0 Å². The zero-order valence-corrected chi connectivity index (χ0v) is 15.6. The number of amides is 1. The van der Waals surface area contributed by atoms with E-state index in [0.717, 1.165) is 51.4 Å². The van der Waals surface area contributed by atoms with Gasteiger partial charge in [0.05, 0.1) is 5.69 Å². The van der Waals surface area contributed by atoms with Crippen LogP contribution in [0.5, 0.6) is 5.75 Å². The Kier molecular flexibility index (Phi) is 11.3. The molecule has 0 bridgehead atoms. The Morgan fingerprint density at radius 3 is 1.93 bits per heavy atom. The van der Waals surface area contributed by atoms with Gasteiger partial charge in [0.25, 0.3) is 0 Å². The monoisotopic (exact) mass is 379 g/mol. The summed E-state index contributed by atoms with van der Waals surface area (Å²) in [5.41, 5.74) is 0.477. The Hall–Kier alpha value is -2.57. The van der Waals surface area contributed by atoms with Gasteiger partial charge in [-0.3, -0.25) is 9.59 Å². The highest BCUT2D eigenvalue weighted by molar-refractivity contribution is 5.92. The highest BCUT2D eigenvalue weighted by Gasteiger charge is 2.08. The molecule has 0 aromatic heterocycles. The fourth-order valence-electron chi connectivity index (χ4n) is 2.67. The van der Waals surface area contributed by atoms with Gasteiger partial charge in [-0.05, 0) is 25.0 Å². The molecule has 1 aromatic carbocycles. The van der Waals surface area contributed by atoms with Gasteiger partial charge in [0, 0.05) is 12.8 Å². The van der Waals surface area contributed by atoms with E-state index in [1.165, 1.54) is 0 Å². The molecule has 0 saturated heterocycles. The van der Waals surface area contributed by atoms with Crippen LogP contribution < -0.4 is 10.1 Å². The standard InChI is InChI=1S/C20H29NO6/c22-18(13-7-5-3-1-2-4-6-8-14-19(23)24)21-16-11-9-10-12-17(16)27-15-20(25)26/h9-12H,1-8,13-15H2,(H,21,22)(H,23,24)(H,25,26). The summed E-state index contributed by atoms with van der Waals surface area (Å²) in [7, 11) is 0. The Bertz CT molecular complexity index is 602. The number of hydrogen-bond donors (Lipinski definition) is 3. The maximum Gasteiger partial charge on any atom is 0.341 e. The number of benzene rings is 1. The highest BCUT2D eigenvalue weighted by atomic mass is 16.5. The second-order valence-corrected chi connectivity index (χ2v) is 6.45. The molecule has 7 heteroatoms. The van der Waals surface area contributed by atoms with Gasteiger partial charge in [0.2, 0.25) is 5.91 Å². The maximum absolute atomic E-state index is 12.0. The van der Waals surface area contributed by atoms with E-state index in [1.54, 1.807) is 24.3 Å². The average Bonchev–Trinajstić information content (AvgIpc) is 2.62. The number of unbranched alkanes of at least 4 members (excludes halogenated alkanes) is 7. The van der Waals surface area contributed by atoms with Gasteiger partial charge in [0.15, 0.2) is 6.61 Å². The fourth-order valence-corrected chi connectivity index (χ4v) is 2.67. The molecule has 0 aliphatic rings. The third-order valence-electron chi connectivity index (χ3n) is 4.06. The second kappa shape index (κ2) is 13.6. The van der Waals surface area contributed by atoms with E-state index >= 15 is 0 Å². The number of para-hydroxylation sites is 2. The molecule has 1 amide bonds. The van der Waals surface area contributed by atoms with Crippen LogP contribution in [-0.2, 0) is 14.4 Å². The summed E-state index contributed by atoms with van der Waals surface area (Å²) < 4.78 is 5.16. The number of carboxylic acids is 2. The third-order valence-corrected chi connectivity index (χ3v) is 4.06. The van der Waals surface area contributed by atoms with Crippen molar-refractivity contribution in [2.24, 2.45) is 0 Å². The quantitative estimate of drug-likeness (QED) is 0.396. The number of carbonyl (C=O) groups is 3. The van der Waals surface area contributed by atoms with Crippen LogP contribution in [0, 0.1) is 0 Å². The van der Waals surface area contributed by atoms with Crippen LogP contribution in [0.2, 0.25) is 0 Å². The molecule has 27 heavy (non-hydrogen) atoms. The van der Waals surface area contributed by atoms with Crippen LogP contribution in [0.3, 0.4) is 0 Å². The Morgan fingerprint density at radius 1 is 0.778 bits per heavy atom. The van der Waals surface area contributed by atoms with Crippen molar-refractivity contribution < 1.29 is 29.3 Å². The van der Waals surface area contributed by atoms with Crippen LogP contribution in [0.25, 0.3) is 0 Å². The van der Waals surface area contributed by atoms with E-state index < -0.39 is 18.5 Å². The normalized spacial score (nSPS) is 10.4. The third kappa shape index (κ3) is 11.6. The summed E-state index contributed by atoms with van der Waals surface area (Å²) in [5, 5.41) is 20.0. The van der Waals surface area contributed by atoms with E-state index in [1.807, 2.05) is 0 Å². The Balaban J connectivity index is 2.12. The smallest absolute Gasteiger partial charge is 0.341 e. The van der Waals surface area contributed by atoms with Crippen molar-refractivity contribution >= 4 is 23.5 Å². The lowest BCUT2D eigenvalue weighted by atomic mass is 10.1. The highest BCUT2D eigenvalue weighted by Crippen LogP contribution is 2.24. The van der Waals surface area contributed by atoms with Gasteiger partial charge in [-0.1, -0.05) is 50.7 Å². The molecule has 0 fully saturated rings. The molecule has 0 aliphatic heterocycles. The number of carbonyl (C=O) groups excluding carboxylic acids is 1. The summed E-state index contributed by atoms with van der Waals surface area (Å²) in [6, 6.07) is 6.77. The summed E-state index contributed by atoms with van der Waals surface area (Å²) in [5.74, 6) is -1.58. The predicted molar refractivity (Wildman–Crippen MR) is 102 cm³/mol. The van der Waals surface area contributed by atoms with Crippen LogP contribution in [0.1, 0.15) is 64.2 Å². The molecule has 0 aliphatic carbocycles. The Morgan fingerprint density at radius 2 is 1.33 bits per heavy atom. The predicted octanol–water partition coefficient (Wildman–Crippen LogP) is 4.07. The number of rotatable bonds is 15. The average molecular weight is 379 g/mol. The van der Waals surface area contributed by atoms with Crippen LogP contribution in [-0.4, -0.2) is 34.7 Å². The number of ether oxygens (including phenoxy) is 1. The molecule has 3 N–H and O–H groups in total. The van der Waals surface area contributed by atoms with Gasteiger partial charge < -0.3 is 20.3 Å². The van der Waals surface area contributed by atoms with E-state index in [0.29, 0.717) is 17.9 Å². The number of carboxylic acid groups (broad SMARTS) is 2. The first kappa shape index (κ1) is 22.5. The lowest BCUT2D eigenvalue weighted by molar-refractivity contribution is -0.139. The molecule has 7 nitrogen and oxygen atoms in total. The first-order valence-electron chi connectivity index (χ1n) is 9.44. The minimum Gasteiger partial charge on any atom is -0.481 e. The molecular weight excluding hydrogens is 350 g/mol. The van der Waals surface area contributed by atoms with E-state index in [-0.39, 0.29) is 12.3 Å². The summed E-state index contributed by atoms with van der Waals surface area (Å²) >= 11 is 0. The molecule has 0 spiro atoms. The van der Waals surface area contributed by atoms with Crippen LogP contribution in [0.15, 0.2) is 24.3 Å². The minimum atomic E-state index is -1.07. The summed E-state index contributed by atoms with van der Waals surface area (Å²) in [6.45, 7) is -0.455. The second-order valence-electron chi connectivity index (χ2n) is 6.45. The van der Waals surface area contributed by atoms with Crippen molar-refractivity contribution in [3.05, 3.63) is 24.3 Å².